The summed E-state index contributed by atoms with van der Waals surface area (Å²) < 4.78 is 0. The van der Waals surface area contributed by atoms with Crippen LogP contribution in [0.5, 0.6) is 0 Å². The van der Waals surface area contributed by atoms with Crippen molar-refractivity contribution >= 4 is 11.4 Å². The molecular weight excluding hydrogens is 232 g/mol. The molecule has 0 aliphatic carbocycles. The Morgan fingerprint density at radius 1 is 1.05 bits per heavy atom. The zero-order chi connectivity index (χ0) is 14.0. The van der Waals surface area contributed by atoms with Crippen molar-refractivity contribution in [1.29, 1.82) is 0 Å². The molecule has 19 heavy (non-hydrogen) atoms. The molecular formula is C17H28N2. The van der Waals surface area contributed by atoms with E-state index in [2.05, 4.69) is 44.7 Å². The SMILES string of the molecule is CCCC1(CCC)CN(c2cc(C)c(C)cc2N)C1. The zero-order valence-corrected chi connectivity index (χ0v) is 12.9. The van der Waals surface area contributed by atoms with Gasteiger partial charge in [0.25, 0.3) is 0 Å². The van der Waals surface area contributed by atoms with Gasteiger partial charge in [-0.1, -0.05) is 26.7 Å². The van der Waals surface area contributed by atoms with Gasteiger partial charge in [0.2, 0.25) is 0 Å². The van der Waals surface area contributed by atoms with Gasteiger partial charge < -0.3 is 10.6 Å². The fourth-order valence-electron chi connectivity index (χ4n) is 3.53. The lowest BCUT2D eigenvalue weighted by molar-refractivity contribution is 0.173. The van der Waals surface area contributed by atoms with Gasteiger partial charge in [-0.15, -0.1) is 0 Å². The number of rotatable bonds is 5. The summed E-state index contributed by atoms with van der Waals surface area (Å²) in [6.45, 7) is 11.3. The second-order valence-electron chi connectivity index (χ2n) is 6.35. The second kappa shape index (κ2) is 5.44. The molecule has 1 heterocycles. The Labute approximate surface area is 118 Å². The van der Waals surface area contributed by atoms with Crippen LogP contribution in [0.15, 0.2) is 12.1 Å². The molecule has 2 nitrogen and oxygen atoms in total. The Kier molecular flexibility index (Phi) is 4.07. The van der Waals surface area contributed by atoms with Gasteiger partial charge in [0.05, 0.1) is 11.4 Å². The summed E-state index contributed by atoms with van der Waals surface area (Å²) in [6.07, 6.45) is 5.27. The molecule has 2 N–H and O–H groups in total. The topological polar surface area (TPSA) is 29.3 Å². The molecule has 106 valence electrons. The average Bonchev–Trinajstić information content (AvgIpc) is 2.31. The maximum atomic E-state index is 6.20. The fourth-order valence-corrected chi connectivity index (χ4v) is 3.53. The van der Waals surface area contributed by atoms with E-state index in [4.69, 9.17) is 5.73 Å². The van der Waals surface area contributed by atoms with E-state index in [1.54, 1.807) is 0 Å². The lowest BCUT2D eigenvalue weighted by atomic mass is 9.72. The van der Waals surface area contributed by atoms with Crippen molar-refractivity contribution in [3.63, 3.8) is 0 Å². The molecule has 0 saturated carbocycles. The van der Waals surface area contributed by atoms with E-state index in [9.17, 15) is 0 Å². The maximum Gasteiger partial charge on any atom is 0.0603 e. The monoisotopic (exact) mass is 260 g/mol. The molecule has 0 spiro atoms. The predicted molar refractivity (Wildman–Crippen MR) is 84.8 cm³/mol. The first-order chi connectivity index (χ1) is 9.01. The van der Waals surface area contributed by atoms with Crippen LogP contribution in [0.2, 0.25) is 0 Å². The third-order valence-corrected chi connectivity index (χ3v) is 4.60. The van der Waals surface area contributed by atoms with Crippen molar-refractivity contribution in [3.05, 3.63) is 23.3 Å². The van der Waals surface area contributed by atoms with Gasteiger partial charge in [0.15, 0.2) is 0 Å². The first kappa shape index (κ1) is 14.2. The number of aryl methyl sites for hydroxylation is 2. The molecule has 1 aliphatic heterocycles. The molecule has 2 heteroatoms. The van der Waals surface area contributed by atoms with Crippen LogP contribution in [-0.2, 0) is 0 Å². The highest BCUT2D eigenvalue weighted by Gasteiger charge is 2.41. The minimum atomic E-state index is 0.550. The first-order valence-corrected chi connectivity index (χ1v) is 7.63. The van der Waals surface area contributed by atoms with Crippen molar-refractivity contribution in [2.45, 2.75) is 53.4 Å². The summed E-state index contributed by atoms with van der Waals surface area (Å²) in [6, 6.07) is 4.37. The average molecular weight is 260 g/mol. The molecule has 1 aliphatic rings. The van der Waals surface area contributed by atoms with Gasteiger partial charge in [0, 0.05) is 18.5 Å². The highest BCUT2D eigenvalue weighted by Crippen LogP contribution is 2.43. The van der Waals surface area contributed by atoms with Gasteiger partial charge in [0.1, 0.15) is 0 Å². The molecule has 0 bridgehead atoms. The molecule has 1 fully saturated rings. The number of hydrogen-bond acceptors (Lipinski definition) is 2. The lowest BCUT2D eigenvalue weighted by Crippen LogP contribution is -2.56. The van der Waals surface area contributed by atoms with Crippen molar-refractivity contribution in [3.8, 4) is 0 Å². The van der Waals surface area contributed by atoms with Gasteiger partial charge in [-0.3, -0.25) is 0 Å². The second-order valence-corrected chi connectivity index (χ2v) is 6.35. The van der Waals surface area contributed by atoms with Crippen molar-refractivity contribution in [2.75, 3.05) is 23.7 Å². The van der Waals surface area contributed by atoms with Gasteiger partial charge in [-0.25, -0.2) is 0 Å². The van der Waals surface area contributed by atoms with Crippen LogP contribution in [0.3, 0.4) is 0 Å². The molecule has 0 amide bonds. The molecule has 0 aromatic heterocycles. The van der Waals surface area contributed by atoms with E-state index >= 15 is 0 Å². The summed E-state index contributed by atoms with van der Waals surface area (Å²) in [4.78, 5) is 2.47. The smallest absolute Gasteiger partial charge is 0.0603 e. The van der Waals surface area contributed by atoms with Crippen LogP contribution in [0.1, 0.15) is 50.7 Å². The van der Waals surface area contributed by atoms with E-state index in [1.165, 1.54) is 55.6 Å². The third-order valence-electron chi connectivity index (χ3n) is 4.60. The maximum absolute atomic E-state index is 6.20. The van der Waals surface area contributed by atoms with E-state index < -0.39 is 0 Å². The number of benzene rings is 1. The van der Waals surface area contributed by atoms with Crippen molar-refractivity contribution in [1.82, 2.24) is 0 Å². The zero-order valence-electron chi connectivity index (χ0n) is 12.9. The van der Waals surface area contributed by atoms with Crippen LogP contribution in [0.25, 0.3) is 0 Å². The van der Waals surface area contributed by atoms with Crippen LogP contribution in [0.4, 0.5) is 11.4 Å². The van der Waals surface area contributed by atoms with Crippen LogP contribution in [0, 0.1) is 19.3 Å². The van der Waals surface area contributed by atoms with Gasteiger partial charge in [-0.05, 0) is 49.9 Å². The molecule has 0 radical (unpaired) electrons. The molecule has 0 unspecified atom stereocenters. The number of anilines is 2. The molecule has 1 saturated heterocycles. The van der Waals surface area contributed by atoms with Crippen LogP contribution < -0.4 is 10.6 Å². The Hall–Kier alpha value is -1.18. The highest BCUT2D eigenvalue weighted by molar-refractivity contribution is 5.71. The summed E-state index contributed by atoms with van der Waals surface area (Å²) in [5, 5.41) is 0. The number of nitrogens with two attached hydrogens (primary N) is 1. The number of nitrogen functional groups attached to an aromatic ring is 1. The Morgan fingerprint density at radius 3 is 2.11 bits per heavy atom. The first-order valence-electron chi connectivity index (χ1n) is 7.63. The highest BCUT2D eigenvalue weighted by atomic mass is 15.2. The van der Waals surface area contributed by atoms with E-state index in [0.29, 0.717) is 5.41 Å². The molecule has 0 atom stereocenters. The minimum Gasteiger partial charge on any atom is -0.397 e. The third kappa shape index (κ3) is 2.72. The molecule has 2 rings (SSSR count). The number of nitrogens with zero attached hydrogens (tertiary/aromatic N) is 1. The Bertz CT molecular complexity index is 437. The quantitative estimate of drug-likeness (QED) is 0.800. The van der Waals surface area contributed by atoms with E-state index in [1.807, 2.05) is 0 Å². The lowest BCUT2D eigenvalue weighted by Gasteiger charge is -2.52. The van der Waals surface area contributed by atoms with Crippen molar-refractivity contribution < 1.29 is 0 Å². The molecule has 1 aromatic carbocycles. The van der Waals surface area contributed by atoms with Gasteiger partial charge >= 0.3 is 0 Å². The predicted octanol–water partition coefficient (Wildman–Crippen LogP) is 4.29. The Morgan fingerprint density at radius 2 is 1.58 bits per heavy atom. The number of hydrogen-bond donors (Lipinski definition) is 1. The van der Waals surface area contributed by atoms with Crippen LogP contribution in [-0.4, -0.2) is 13.1 Å². The molecule has 1 aromatic rings. The summed E-state index contributed by atoms with van der Waals surface area (Å²) in [5.74, 6) is 0. The summed E-state index contributed by atoms with van der Waals surface area (Å²) >= 11 is 0. The fraction of sp³-hybridized carbons (Fsp3) is 0.647. The Balaban J connectivity index is 2.13. The summed E-state index contributed by atoms with van der Waals surface area (Å²) in [7, 11) is 0. The van der Waals surface area contributed by atoms with E-state index in [-0.39, 0.29) is 0 Å². The van der Waals surface area contributed by atoms with Crippen molar-refractivity contribution in [2.24, 2.45) is 5.41 Å². The minimum absolute atomic E-state index is 0.550. The van der Waals surface area contributed by atoms with E-state index in [0.717, 1.165) is 5.69 Å². The standard InChI is InChI=1S/C17H28N2/c1-5-7-17(8-6-2)11-19(12-17)16-10-14(4)13(3)9-15(16)18/h9-10H,5-8,11-12,18H2,1-4H3. The largest absolute Gasteiger partial charge is 0.397 e. The van der Waals surface area contributed by atoms with Crippen LogP contribution >= 0.6 is 0 Å². The van der Waals surface area contributed by atoms with Gasteiger partial charge in [-0.2, -0.15) is 0 Å². The normalized spacial score (nSPS) is 17.4. The summed E-state index contributed by atoms with van der Waals surface area (Å²) in [5.41, 5.74) is 11.5.